The highest BCUT2D eigenvalue weighted by Gasteiger charge is 2.26. The second kappa shape index (κ2) is 7.31. The zero-order valence-corrected chi connectivity index (χ0v) is 14.5. The van der Waals surface area contributed by atoms with Crippen LogP contribution < -0.4 is 5.32 Å². The van der Waals surface area contributed by atoms with Crippen molar-refractivity contribution in [2.45, 2.75) is 12.6 Å². The fourth-order valence-corrected chi connectivity index (χ4v) is 3.43. The Balaban J connectivity index is 1.60. The zero-order chi connectivity index (χ0) is 17.1. The molecular weight excluding hydrogens is 336 g/mol. The van der Waals surface area contributed by atoms with Crippen molar-refractivity contribution in [3.8, 4) is 5.69 Å². The number of rotatable bonds is 4. The van der Waals surface area contributed by atoms with Gasteiger partial charge in [-0.3, -0.25) is 4.90 Å². The quantitative estimate of drug-likeness (QED) is 0.780. The third-order valence-electron chi connectivity index (χ3n) is 4.47. The first-order valence-corrected chi connectivity index (χ1v) is 8.72. The number of nitrogens with one attached hydrogen (secondary N) is 1. The van der Waals surface area contributed by atoms with Crippen molar-refractivity contribution < 1.29 is 0 Å². The van der Waals surface area contributed by atoms with E-state index in [0.29, 0.717) is 6.54 Å². The number of hydrogen-bond donors (Lipinski definition) is 1. The molecule has 1 saturated heterocycles. The number of aromatic nitrogens is 4. The molecule has 2 heterocycles. The molecule has 1 atom stereocenters. The fraction of sp³-hybridized carbons (Fsp3) is 0.278. The largest absolute Gasteiger partial charge is 0.314 e. The maximum absolute atomic E-state index is 6.18. The van der Waals surface area contributed by atoms with Crippen LogP contribution >= 0.6 is 11.6 Å². The van der Waals surface area contributed by atoms with Gasteiger partial charge in [-0.2, -0.15) is 4.68 Å². The number of nitrogens with zero attached hydrogens (tertiary/aromatic N) is 5. The Bertz CT molecular complexity index is 834. The molecule has 0 aliphatic carbocycles. The van der Waals surface area contributed by atoms with Crippen molar-refractivity contribution in [1.82, 2.24) is 30.4 Å². The van der Waals surface area contributed by atoms with E-state index < -0.39 is 0 Å². The minimum atomic E-state index is 0.244. The molecule has 0 spiro atoms. The van der Waals surface area contributed by atoms with Crippen LogP contribution in [0.25, 0.3) is 5.69 Å². The summed E-state index contributed by atoms with van der Waals surface area (Å²) in [6, 6.07) is 18.3. The molecule has 4 rings (SSSR count). The molecule has 0 amide bonds. The lowest BCUT2D eigenvalue weighted by Crippen LogP contribution is -2.45. The average molecular weight is 355 g/mol. The minimum absolute atomic E-state index is 0.244. The van der Waals surface area contributed by atoms with Crippen LogP contribution in [0.5, 0.6) is 0 Å². The summed E-state index contributed by atoms with van der Waals surface area (Å²) in [5.74, 6) is 0.833. The molecule has 1 aliphatic heterocycles. The molecular formula is C18H19ClN6. The van der Waals surface area contributed by atoms with E-state index >= 15 is 0 Å². The van der Waals surface area contributed by atoms with Crippen LogP contribution in [-0.4, -0.2) is 44.7 Å². The standard InChI is InChI=1S/C18H19ClN6/c19-15-6-4-5-14(11-15)17-12-20-9-10-24(17)13-18-21-22-23-25(18)16-7-2-1-3-8-16/h1-8,11,17,20H,9-10,12-13H2. The molecule has 0 bridgehead atoms. The van der Waals surface area contributed by atoms with E-state index in [1.165, 1.54) is 5.56 Å². The minimum Gasteiger partial charge on any atom is -0.314 e. The van der Waals surface area contributed by atoms with Crippen LogP contribution in [0, 0.1) is 0 Å². The summed E-state index contributed by atoms with van der Waals surface area (Å²) in [5.41, 5.74) is 2.18. The lowest BCUT2D eigenvalue weighted by molar-refractivity contribution is 0.149. The molecule has 1 unspecified atom stereocenters. The van der Waals surface area contributed by atoms with Gasteiger partial charge in [0.25, 0.3) is 0 Å². The number of piperazine rings is 1. The van der Waals surface area contributed by atoms with Crippen molar-refractivity contribution in [2.75, 3.05) is 19.6 Å². The van der Waals surface area contributed by atoms with Crippen LogP contribution in [-0.2, 0) is 6.54 Å². The predicted octanol–water partition coefficient (Wildman–Crippen LogP) is 2.46. The molecule has 0 saturated carbocycles. The van der Waals surface area contributed by atoms with Gasteiger partial charge in [0, 0.05) is 30.7 Å². The monoisotopic (exact) mass is 354 g/mol. The normalized spacial score (nSPS) is 18.4. The van der Waals surface area contributed by atoms with Crippen molar-refractivity contribution >= 4 is 11.6 Å². The highest BCUT2D eigenvalue weighted by Crippen LogP contribution is 2.26. The predicted molar refractivity (Wildman–Crippen MR) is 96.6 cm³/mol. The lowest BCUT2D eigenvalue weighted by atomic mass is 10.0. The van der Waals surface area contributed by atoms with Gasteiger partial charge in [-0.15, -0.1) is 5.10 Å². The maximum Gasteiger partial charge on any atom is 0.170 e. The first-order valence-electron chi connectivity index (χ1n) is 8.34. The Morgan fingerprint density at radius 1 is 1.12 bits per heavy atom. The Morgan fingerprint density at radius 3 is 2.84 bits per heavy atom. The summed E-state index contributed by atoms with van der Waals surface area (Å²) in [4.78, 5) is 2.40. The van der Waals surface area contributed by atoms with Gasteiger partial charge in [0.05, 0.1) is 12.2 Å². The van der Waals surface area contributed by atoms with Crippen molar-refractivity contribution in [3.63, 3.8) is 0 Å². The molecule has 1 aliphatic rings. The summed E-state index contributed by atoms with van der Waals surface area (Å²) in [6.45, 7) is 3.44. The number of halogens is 1. The molecule has 7 heteroatoms. The van der Waals surface area contributed by atoms with E-state index in [-0.39, 0.29) is 6.04 Å². The molecule has 0 radical (unpaired) electrons. The Hall–Kier alpha value is -2.28. The molecule has 1 fully saturated rings. The van der Waals surface area contributed by atoms with Gasteiger partial charge in [0.2, 0.25) is 0 Å². The number of para-hydroxylation sites is 1. The molecule has 128 valence electrons. The first-order chi connectivity index (χ1) is 12.3. The topological polar surface area (TPSA) is 58.9 Å². The summed E-state index contributed by atoms with van der Waals surface area (Å²) in [5, 5.41) is 16.5. The van der Waals surface area contributed by atoms with E-state index in [0.717, 1.165) is 36.2 Å². The van der Waals surface area contributed by atoms with Gasteiger partial charge in [-0.1, -0.05) is 41.9 Å². The number of tetrazole rings is 1. The van der Waals surface area contributed by atoms with Crippen LogP contribution in [0.3, 0.4) is 0 Å². The van der Waals surface area contributed by atoms with Gasteiger partial charge in [-0.25, -0.2) is 0 Å². The highest BCUT2D eigenvalue weighted by atomic mass is 35.5. The van der Waals surface area contributed by atoms with E-state index in [1.54, 1.807) is 4.68 Å². The molecule has 1 aromatic heterocycles. The van der Waals surface area contributed by atoms with Crippen molar-refractivity contribution in [2.24, 2.45) is 0 Å². The first kappa shape index (κ1) is 16.2. The zero-order valence-electron chi connectivity index (χ0n) is 13.7. The SMILES string of the molecule is Clc1cccc(C2CNCCN2Cc2nnnn2-c2ccccc2)c1. The number of benzene rings is 2. The summed E-state index contributed by atoms with van der Waals surface area (Å²) < 4.78 is 1.80. The Labute approximate surface area is 151 Å². The van der Waals surface area contributed by atoms with Crippen LogP contribution in [0.2, 0.25) is 5.02 Å². The van der Waals surface area contributed by atoms with Crippen molar-refractivity contribution in [1.29, 1.82) is 0 Å². The third kappa shape index (κ3) is 3.56. The molecule has 3 aromatic rings. The second-order valence-corrected chi connectivity index (χ2v) is 6.52. The van der Waals surface area contributed by atoms with E-state index in [4.69, 9.17) is 11.6 Å². The molecule has 1 N–H and O–H groups in total. The van der Waals surface area contributed by atoms with E-state index in [1.807, 2.05) is 48.5 Å². The Morgan fingerprint density at radius 2 is 2.00 bits per heavy atom. The number of hydrogen-bond acceptors (Lipinski definition) is 5. The molecule has 25 heavy (non-hydrogen) atoms. The highest BCUT2D eigenvalue weighted by molar-refractivity contribution is 6.30. The van der Waals surface area contributed by atoms with Crippen LogP contribution in [0.4, 0.5) is 0 Å². The van der Waals surface area contributed by atoms with Gasteiger partial charge in [0.1, 0.15) is 0 Å². The summed E-state index contributed by atoms with van der Waals surface area (Å²) in [6.07, 6.45) is 0. The van der Waals surface area contributed by atoms with Gasteiger partial charge < -0.3 is 5.32 Å². The van der Waals surface area contributed by atoms with E-state index in [2.05, 4.69) is 31.8 Å². The maximum atomic E-state index is 6.18. The Kier molecular flexibility index (Phi) is 4.74. The van der Waals surface area contributed by atoms with E-state index in [9.17, 15) is 0 Å². The second-order valence-electron chi connectivity index (χ2n) is 6.09. The van der Waals surface area contributed by atoms with Crippen LogP contribution in [0.1, 0.15) is 17.4 Å². The summed E-state index contributed by atoms with van der Waals surface area (Å²) in [7, 11) is 0. The van der Waals surface area contributed by atoms with Gasteiger partial charge >= 0.3 is 0 Å². The average Bonchev–Trinajstić information content (AvgIpc) is 3.11. The van der Waals surface area contributed by atoms with Gasteiger partial charge in [-0.05, 0) is 40.3 Å². The summed E-state index contributed by atoms with van der Waals surface area (Å²) >= 11 is 6.18. The fourth-order valence-electron chi connectivity index (χ4n) is 3.23. The molecule has 2 aromatic carbocycles. The smallest absolute Gasteiger partial charge is 0.170 e. The molecule has 6 nitrogen and oxygen atoms in total. The van der Waals surface area contributed by atoms with Gasteiger partial charge in [0.15, 0.2) is 5.82 Å². The third-order valence-corrected chi connectivity index (χ3v) is 4.70. The lowest BCUT2D eigenvalue weighted by Gasteiger charge is -2.36. The van der Waals surface area contributed by atoms with Crippen LogP contribution in [0.15, 0.2) is 54.6 Å². The van der Waals surface area contributed by atoms with Crippen molar-refractivity contribution in [3.05, 3.63) is 71.0 Å².